The zero-order chi connectivity index (χ0) is 109. The van der Waals surface area contributed by atoms with E-state index < -0.39 is 84.2 Å². The Hall–Kier alpha value is -12.3. The van der Waals surface area contributed by atoms with Gasteiger partial charge in [-0.2, -0.15) is 0 Å². The third-order valence-corrected chi connectivity index (χ3v) is 26.5. The Labute approximate surface area is 879 Å². The largest absolute Gasteiger partial charge is 0.449 e. The first-order chi connectivity index (χ1) is 70.6. The molecule has 1 heterocycles. The van der Waals surface area contributed by atoms with Crippen LogP contribution in [0, 0.1) is 59.2 Å². The molecule has 30 heteroatoms. The molecule has 2 aliphatic rings. The minimum Gasteiger partial charge on any atom is -0.449 e. The number of fused-ring (bicyclic) bond motifs is 3. The number of aliphatic hydroxyl groups is 5. The van der Waals surface area contributed by atoms with Crippen LogP contribution in [0.15, 0.2) is 217 Å². The second kappa shape index (κ2) is 68.3. The lowest BCUT2D eigenvalue weighted by Gasteiger charge is -2.29. The van der Waals surface area contributed by atoms with Gasteiger partial charge in [0, 0.05) is 54.5 Å². The van der Waals surface area contributed by atoms with Gasteiger partial charge in [0.05, 0.1) is 57.2 Å². The van der Waals surface area contributed by atoms with Gasteiger partial charge in [-0.25, -0.2) is 4.79 Å². The van der Waals surface area contributed by atoms with Gasteiger partial charge in [-0.15, -0.1) is 0 Å². The molecule has 0 fully saturated rings. The third kappa shape index (κ3) is 45.4. The van der Waals surface area contributed by atoms with E-state index in [0.717, 1.165) is 75.9 Å². The SMILES string of the molecule is CCC(C)[C@@H](NC(=O)OCC1c2ccccc2-c2ccccc21)C(=O)N[C@@H](CO)Cc1ccccc1.CCC(C)[C@@H](NC(=O)[C@@H](CC(C)C)NC(=O)C(C)C)C(=O)N[C@@H](CO)Cc1ccccc1.CCC(C)[C@@H](NC(=O)[C@@H](CC(C)C)NC(=O)[C@@H](C)NC(=O)[C@H](C)CC1=CCC=N1)C(=O)N[C@@H](CO)Cc1ccccc1.CCC(C)[C@@H](NC(=O)[C@H](C)CC(C)C)C(=O)N[C@@H](CO)Cc1ccccc1.N[C@@H](CO)Cc1ccccc1. The van der Waals surface area contributed by atoms with Crippen LogP contribution in [-0.2, 0) is 84.8 Å². The first-order valence-corrected chi connectivity index (χ1v) is 53.0. The van der Waals surface area contributed by atoms with E-state index in [0.29, 0.717) is 70.1 Å². The summed E-state index contributed by atoms with van der Waals surface area (Å²) in [6, 6.07) is 57.5. The van der Waals surface area contributed by atoms with Crippen LogP contribution in [0.1, 0.15) is 234 Å². The molecular formula is C118H173N13O17. The summed E-state index contributed by atoms with van der Waals surface area (Å²) in [6.45, 7) is 35.8. The van der Waals surface area contributed by atoms with Crippen LogP contribution in [0.2, 0.25) is 0 Å². The number of nitrogens with one attached hydrogen (secondary N) is 11. The number of aliphatic imine (C=N–C) groups is 1. The van der Waals surface area contributed by atoms with Crippen LogP contribution < -0.4 is 64.2 Å². The molecular weight excluding hydrogens is 1870 g/mol. The first-order valence-electron chi connectivity index (χ1n) is 53.0. The zero-order valence-electron chi connectivity index (χ0n) is 90.8. The quantitative estimate of drug-likeness (QED) is 0.0168. The maximum atomic E-state index is 13.5. The Morgan fingerprint density at radius 3 is 0.932 bits per heavy atom. The number of amides is 11. The second-order valence-corrected chi connectivity index (χ2v) is 41.0. The molecule has 1 aliphatic carbocycles. The first kappa shape index (κ1) is 126. The summed E-state index contributed by atoms with van der Waals surface area (Å²) < 4.78 is 5.66. The van der Waals surface area contributed by atoms with E-state index in [1.165, 1.54) is 5.56 Å². The highest BCUT2D eigenvalue weighted by molar-refractivity contribution is 5.96. The number of hydrogen-bond donors (Lipinski definition) is 17. The van der Waals surface area contributed by atoms with Crippen molar-refractivity contribution in [3.63, 3.8) is 0 Å². The molecule has 148 heavy (non-hydrogen) atoms. The summed E-state index contributed by atoms with van der Waals surface area (Å²) in [7, 11) is 0. The van der Waals surface area contributed by atoms with Crippen molar-refractivity contribution in [2.24, 2.45) is 69.9 Å². The van der Waals surface area contributed by atoms with E-state index >= 15 is 0 Å². The van der Waals surface area contributed by atoms with Crippen molar-refractivity contribution in [3.8, 4) is 11.1 Å². The number of benzene rings is 7. The lowest BCUT2D eigenvalue weighted by atomic mass is 9.94. The number of ether oxygens (including phenoxy) is 1. The number of carbonyl (C=O) groups is 11. The number of aliphatic hydroxyl groups excluding tert-OH is 5. The number of alkyl carbamates (subject to hydrolysis) is 1. The van der Waals surface area contributed by atoms with Crippen LogP contribution in [-0.4, -0.2) is 209 Å². The van der Waals surface area contributed by atoms with Crippen molar-refractivity contribution < 1.29 is 83.0 Å². The highest BCUT2D eigenvalue weighted by atomic mass is 16.5. The molecule has 18 atom stereocenters. The predicted octanol–water partition coefficient (Wildman–Crippen LogP) is 13.2. The Morgan fingerprint density at radius 1 is 0.324 bits per heavy atom. The summed E-state index contributed by atoms with van der Waals surface area (Å²) in [5.74, 6) is -3.67. The molecule has 4 unspecified atom stereocenters. The summed E-state index contributed by atoms with van der Waals surface area (Å²) in [6.07, 6.45) is 11.5. The molecule has 0 spiro atoms. The molecule has 7 aromatic carbocycles. The lowest BCUT2D eigenvalue weighted by molar-refractivity contribution is -0.135. The molecule has 7 aromatic rings. The van der Waals surface area contributed by atoms with Gasteiger partial charge in [-0.1, -0.05) is 357 Å². The molecule has 0 radical (unpaired) electrons. The normalized spacial score (nSPS) is 15.5. The van der Waals surface area contributed by atoms with Crippen LogP contribution in [0.4, 0.5) is 4.79 Å². The Morgan fingerprint density at radius 2 is 0.628 bits per heavy atom. The monoisotopic (exact) mass is 2040 g/mol. The van der Waals surface area contributed by atoms with Gasteiger partial charge < -0.3 is 94.5 Å². The van der Waals surface area contributed by atoms with Gasteiger partial charge in [0.25, 0.3) is 0 Å². The summed E-state index contributed by atoms with van der Waals surface area (Å²) >= 11 is 0. The number of nitrogens with two attached hydrogens (primary N) is 1. The van der Waals surface area contributed by atoms with E-state index in [-0.39, 0.29) is 152 Å². The molecule has 0 saturated heterocycles. The van der Waals surface area contributed by atoms with Gasteiger partial charge in [0.2, 0.25) is 59.1 Å². The predicted molar refractivity (Wildman–Crippen MR) is 586 cm³/mol. The van der Waals surface area contributed by atoms with Crippen molar-refractivity contribution in [3.05, 3.63) is 251 Å². The molecule has 0 bridgehead atoms. The number of hydrogen-bond acceptors (Lipinski definition) is 19. The second-order valence-electron chi connectivity index (χ2n) is 41.0. The molecule has 11 amide bonds. The van der Waals surface area contributed by atoms with Crippen molar-refractivity contribution >= 4 is 71.4 Å². The fraction of sp³-hybridized carbons (Fsp3) is 0.525. The van der Waals surface area contributed by atoms with Gasteiger partial charge in [-0.3, -0.25) is 52.9 Å². The van der Waals surface area contributed by atoms with E-state index in [2.05, 4.69) is 102 Å². The van der Waals surface area contributed by atoms with Crippen LogP contribution in [0.3, 0.4) is 0 Å². The van der Waals surface area contributed by atoms with E-state index in [9.17, 15) is 73.2 Å². The third-order valence-electron chi connectivity index (χ3n) is 26.5. The van der Waals surface area contributed by atoms with E-state index in [1.54, 1.807) is 33.9 Å². The van der Waals surface area contributed by atoms with Gasteiger partial charge >= 0.3 is 6.09 Å². The topological polar surface area (TPSA) is 469 Å². The standard InChI is InChI=1S/C32H49N5O5.C30H34N2O4.C25H41N3O4.C22H36N2O3.C9H13NO/c1-7-21(4)28(32(42)35-26(19-38)18-24-12-9-8-10-13-24)37-31(41)27(16-20(2)3)36-30(40)23(6)34-29(39)22(5)17-25-14-11-15-33-25;1-3-20(2)28(29(34)31-22(18-33)17-21-11-5-4-6-12-21)32-30(35)36-19-27-25-15-9-7-13-23(25)24-14-8-10-16-26(24)27;1-7-18(6)22(25(32)26-20(15-29)14-19-11-9-8-10-12-19)28-24(31)21(13-16(2)3)27-23(30)17(4)5;1-6-16(4)20(24-21(26)17(5)12-15(2)3)22(27)23-19(14-25)13-18-10-8-7-9-11-18;10-9(7-11)6-8-4-2-1-3-5-8/h8-10,12-15,20-23,26-28,38H,7,11,16-19H2,1-6H3,(H,34,39)(H,35,42)(H,36,40)(H,37,41);4-16,20,22,27-28,33H,3,17-19H2,1-2H3,(H,31,34)(H,32,35);8-12,16-18,20-22,29H,7,13-15H2,1-6H3,(H,26,32)(H,27,30)(H,28,31);7-11,15-17,19-20,25H,6,12-14H2,1-5H3,(H,23,27)(H,24,26);1-5,9,11H,6-7,10H2/t21?,22-,23-,26-,27-,28-;20?,22-,28-;18?,20-,21-,22-;16?,17-,19-,20-;9-/m11111/s1. The van der Waals surface area contributed by atoms with Crippen molar-refractivity contribution in [2.75, 3.05) is 39.6 Å². The summed E-state index contributed by atoms with van der Waals surface area (Å²) in [4.78, 5) is 147. The molecule has 0 saturated carbocycles. The van der Waals surface area contributed by atoms with Gasteiger partial charge in [0.1, 0.15) is 48.9 Å². The minimum absolute atomic E-state index is 0.0104. The van der Waals surface area contributed by atoms with Crippen LogP contribution in [0.25, 0.3) is 11.1 Å². The van der Waals surface area contributed by atoms with Crippen molar-refractivity contribution in [2.45, 2.75) is 300 Å². The van der Waals surface area contributed by atoms with Gasteiger partial charge in [-0.05, 0) is 150 Å². The Kier molecular flexibility index (Phi) is 58.2. The molecule has 812 valence electrons. The van der Waals surface area contributed by atoms with Gasteiger partial charge in [0.15, 0.2) is 0 Å². The zero-order valence-corrected chi connectivity index (χ0v) is 90.8. The Balaban J connectivity index is 0.000000338. The van der Waals surface area contributed by atoms with Crippen molar-refractivity contribution in [1.82, 2.24) is 58.5 Å². The van der Waals surface area contributed by atoms with Crippen LogP contribution >= 0.6 is 0 Å². The fourth-order valence-electron chi connectivity index (χ4n) is 17.0. The average molecular weight is 2050 g/mol. The summed E-state index contributed by atoms with van der Waals surface area (Å²) in [5.41, 5.74) is 16.2. The Bertz CT molecular complexity index is 5130. The van der Waals surface area contributed by atoms with Crippen LogP contribution in [0.5, 0.6) is 0 Å². The number of nitrogens with zero attached hydrogens (tertiary/aromatic N) is 1. The van der Waals surface area contributed by atoms with Crippen molar-refractivity contribution in [1.29, 1.82) is 0 Å². The summed E-state index contributed by atoms with van der Waals surface area (Å²) in [5, 5.41) is 79.2. The molecule has 1 aliphatic heterocycles. The van der Waals surface area contributed by atoms with E-state index in [1.807, 2.05) is 272 Å². The molecule has 30 nitrogen and oxygen atoms in total. The minimum atomic E-state index is -0.899. The number of rotatable bonds is 54. The maximum Gasteiger partial charge on any atom is 0.407 e. The molecule has 9 rings (SSSR count). The number of allylic oxidation sites excluding steroid dienone is 2. The molecule has 0 aromatic heterocycles. The maximum absolute atomic E-state index is 13.5. The fourth-order valence-corrected chi connectivity index (χ4v) is 17.0. The highest BCUT2D eigenvalue weighted by Crippen LogP contribution is 2.45. The highest BCUT2D eigenvalue weighted by Gasteiger charge is 2.38. The smallest absolute Gasteiger partial charge is 0.407 e. The van der Waals surface area contributed by atoms with E-state index in [4.69, 9.17) is 15.6 Å². The lowest BCUT2D eigenvalue weighted by Crippen LogP contribution is -2.59. The number of carbonyl (C=O) groups excluding carboxylic acids is 11. The molecule has 18 N–H and O–H groups in total. The average Bonchev–Trinajstić information content (AvgIpc) is 1.61.